The fourth-order valence-corrected chi connectivity index (χ4v) is 1.93. The second kappa shape index (κ2) is 5.84. The van der Waals surface area contributed by atoms with Crippen molar-refractivity contribution in [1.82, 2.24) is 14.8 Å². The summed E-state index contributed by atoms with van der Waals surface area (Å²) in [5.41, 5.74) is 6.53. The van der Waals surface area contributed by atoms with Crippen LogP contribution in [-0.4, -0.2) is 28.4 Å². The van der Waals surface area contributed by atoms with Crippen LogP contribution in [0.3, 0.4) is 0 Å². The highest BCUT2D eigenvalue weighted by Crippen LogP contribution is 2.18. The summed E-state index contributed by atoms with van der Waals surface area (Å²) in [5.74, 6) is 2.65. The molecule has 0 spiro atoms. The van der Waals surface area contributed by atoms with Crippen LogP contribution < -0.4 is 10.5 Å². The lowest BCUT2D eigenvalue weighted by Crippen LogP contribution is -2.10. The highest BCUT2D eigenvalue weighted by Gasteiger charge is 2.12. The lowest BCUT2D eigenvalue weighted by atomic mass is 10.3. The van der Waals surface area contributed by atoms with E-state index in [9.17, 15) is 0 Å². The van der Waals surface area contributed by atoms with Crippen LogP contribution >= 0.6 is 11.6 Å². The fourth-order valence-electron chi connectivity index (χ4n) is 1.76. The number of benzene rings is 1. The predicted molar refractivity (Wildman–Crippen MR) is 70.2 cm³/mol. The highest BCUT2D eigenvalue weighted by atomic mass is 35.5. The number of ether oxygens (including phenoxy) is 1. The monoisotopic (exact) mass is 266 g/mol. The van der Waals surface area contributed by atoms with Crippen LogP contribution in [0.1, 0.15) is 11.6 Å². The molecule has 2 N–H and O–H groups in total. The zero-order chi connectivity index (χ0) is 13.0. The minimum Gasteiger partial charge on any atom is -0.497 e. The van der Waals surface area contributed by atoms with Crippen molar-refractivity contribution >= 4 is 11.6 Å². The van der Waals surface area contributed by atoms with Gasteiger partial charge in [-0.25, -0.2) is 0 Å². The number of nitrogens with two attached hydrogens (primary N) is 1. The van der Waals surface area contributed by atoms with E-state index in [-0.39, 0.29) is 0 Å². The largest absolute Gasteiger partial charge is 0.497 e. The molecular weight excluding hydrogens is 252 g/mol. The molecule has 0 amide bonds. The third kappa shape index (κ3) is 2.47. The third-order valence-electron chi connectivity index (χ3n) is 2.62. The lowest BCUT2D eigenvalue weighted by molar-refractivity contribution is 0.414. The molecule has 0 aliphatic carbocycles. The molecule has 0 atom stereocenters. The molecule has 0 fully saturated rings. The Balaban J connectivity index is 2.43. The predicted octanol–water partition coefficient (Wildman–Crippen LogP) is 1.52. The molecule has 0 saturated carbocycles. The first-order valence-corrected chi connectivity index (χ1v) is 6.17. The normalized spacial score (nSPS) is 10.6. The number of hydrogen-bond acceptors (Lipinski definition) is 4. The van der Waals surface area contributed by atoms with Gasteiger partial charge in [-0.1, -0.05) is 0 Å². The molecule has 1 aromatic heterocycles. The van der Waals surface area contributed by atoms with Gasteiger partial charge in [0.15, 0.2) is 5.82 Å². The maximum Gasteiger partial charge on any atom is 0.152 e. The van der Waals surface area contributed by atoms with E-state index in [2.05, 4.69) is 10.2 Å². The van der Waals surface area contributed by atoms with E-state index in [0.717, 1.165) is 17.3 Å². The topological polar surface area (TPSA) is 66.0 Å². The zero-order valence-electron chi connectivity index (χ0n) is 10.1. The van der Waals surface area contributed by atoms with Crippen molar-refractivity contribution in [3.05, 3.63) is 35.9 Å². The van der Waals surface area contributed by atoms with Gasteiger partial charge in [0.2, 0.25) is 0 Å². The van der Waals surface area contributed by atoms with E-state index in [1.54, 1.807) is 7.11 Å². The first kappa shape index (κ1) is 12.9. The van der Waals surface area contributed by atoms with Gasteiger partial charge in [-0.2, -0.15) is 0 Å². The molecule has 1 aromatic carbocycles. The Morgan fingerprint density at radius 1 is 1.22 bits per heavy atom. The number of alkyl halides is 1. The van der Waals surface area contributed by atoms with Gasteiger partial charge in [0.1, 0.15) is 11.6 Å². The van der Waals surface area contributed by atoms with Gasteiger partial charge < -0.3 is 10.5 Å². The SMILES string of the molecule is COc1ccc(-n2c(CCl)nnc2CCN)cc1. The molecule has 18 heavy (non-hydrogen) atoms. The van der Waals surface area contributed by atoms with E-state index in [1.807, 2.05) is 28.8 Å². The number of aromatic nitrogens is 3. The van der Waals surface area contributed by atoms with Gasteiger partial charge in [0, 0.05) is 12.1 Å². The molecule has 6 heteroatoms. The fraction of sp³-hybridized carbons (Fsp3) is 0.333. The van der Waals surface area contributed by atoms with Crippen molar-refractivity contribution in [3.63, 3.8) is 0 Å². The summed E-state index contributed by atoms with van der Waals surface area (Å²) >= 11 is 5.87. The van der Waals surface area contributed by atoms with Crippen LogP contribution in [0.4, 0.5) is 0 Å². The van der Waals surface area contributed by atoms with E-state index in [4.69, 9.17) is 22.1 Å². The Kier molecular flexibility index (Phi) is 4.17. The van der Waals surface area contributed by atoms with Crippen LogP contribution in [0, 0.1) is 0 Å². The summed E-state index contributed by atoms with van der Waals surface area (Å²) < 4.78 is 7.06. The number of methoxy groups -OCH3 is 1. The van der Waals surface area contributed by atoms with Crippen molar-refractivity contribution in [1.29, 1.82) is 0 Å². The van der Waals surface area contributed by atoms with Crippen molar-refractivity contribution in [2.45, 2.75) is 12.3 Å². The second-order valence-electron chi connectivity index (χ2n) is 3.74. The molecule has 0 aliphatic heterocycles. The van der Waals surface area contributed by atoms with E-state index < -0.39 is 0 Å². The van der Waals surface area contributed by atoms with Gasteiger partial charge in [0.05, 0.1) is 13.0 Å². The molecular formula is C12H15ClN4O. The molecule has 1 heterocycles. The van der Waals surface area contributed by atoms with Gasteiger partial charge in [-0.15, -0.1) is 21.8 Å². The first-order chi connectivity index (χ1) is 8.80. The summed E-state index contributed by atoms with van der Waals surface area (Å²) in [6.45, 7) is 0.524. The molecule has 96 valence electrons. The minimum atomic E-state index is 0.309. The maximum atomic E-state index is 5.87. The van der Waals surface area contributed by atoms with Crippen molar-refractivity contribution in [3.8, 4) is 11.4 Å². The summed E-state index contributed by atoms with van der Waals surface area (Å²) in [4.78, 5) is 0. The Hall–Kier alpha value is -1.59. The maximum absolute atomic E-state index is 5.87. The minimum absolute atomic E-state index is 0.309. The second-order valence-corrected chi connectivity index (χ2v) is 4.01. The molecule has 2 rings (SSSR count). The van der Waals surface area contributed by atoms with Crippen molar-refractivity contribution < 1.29 is 4.74 Å². The van der Waals surface area contributed by atoms with Crippen LogP contribution in [0.15, 0.2) is 24.3 Å². The highest BCUT2D eigenvalue weighted by molar-refractivity contribution is 6.16. The number of rotatable bonds is 5. The number of halogens is 1. The number of nitrogens with zero attached hydrogens (tertiary/aromatic N) is 3. The van der Waals surface area contributed by atoms with E-state index in [0.29, 0.717) is 24.7 Å². The van der Waals surface area contributed by atoms with Gasteiger partial charge >= 0.3 is 0 Å². The Morgan fingerprint density at radius 2 is 1.89 bits per heavy atom. The van der Waals surface area contributed by atoms with Crippen molar-refractivity contribution in [2.75, 3.05) is 13.7 Å². The Labute approximate surface area is 111 Å². The number of hydrogen-bond donors (Lipinski definition) is 1. The molecule has 0 bridgehead atoms. The van der Waals surface area contributed by atoms with Crippen LogP contribution in [0.2, 0.25) is 0 Å². The Morgan fingerprint density at radius 3 is 2.44 bits per heavy atom. The first-order valence-electron chi connectivity index (χ1n) is 5.63. The van der Waals surface area contributed by atoms with Crippen LogP contribution in [0.5, 0.6) is 5.75 Å². The molecule has 0 unspecified atom stereocenters. The quantitative estimate of drug-likeness (QED) is 0.834. The molecule has 5 nitrogen and oxygen atoms in total. The summed E-state index contributed by atoms with van der Waals surface area (Å²) in [6, 6.07) is 7.66. The van der Waals surface area contributed by atoms with Crippen LogP contribution in [0.25, 0.3) is 5.69 Å². The average Bonchev–Trinajstić information content (AvgIpc) is 2.82. The van der Waals surface area contributed by atoms with Gasteiger partial charge in [0.25, 0.3) is 0 Å². The van der Waals surface area contributed by atoms with Gasteiger partial charge in [-0.3, -0.25) is 4.57 Å². The summed E-state index contributed by atoms with van der Waals surface area (Å²) in [5, 5.41) is 8.18. The van der Waals surface area contributed by atoms with Crippen LogP contribution in [-0.2, 0) is 12.3 Å². The van der Waals surface area contributed by atoms with E-state index in [1.165, 1.54) is 0 Å². The standard InChI is InChI=1S/C12H15ClN4O/c1-18-10-4-2-9(3-5-10)17-11(6-7-14)15-16-12(17)8-13/h2-5H,6-8,14H2,1H3. The van der Waals surface area contributed by atoms with Crippen molar-refractivity contribution in [2.24, 2.45) is 5.73 Å². The lowest BCUT2D eigenvalue weighted by Gasteiger charge is -2.09. The molecule has 0 aliphatic rings. The zero-order valence-corrected chi connectivity index (χ0v) is 10.9. The summed E-state index contributed by atoms with van der Waals surface area (Å²) in [7, 11) is 1.64. The average molecular weight is 267 g/mol. The molecule has 0 saturated heterocycles. The smallest absolute Gasteiger partial charge is 0.152 e. The Bertz CT molecular complexity index is 509. The summed E-state index contributed by atoms with van der Waals surface area (Å²) in [6.07, 6.45) is 0.663. The van der Waals surface area contributed by atoms with E-state index >= 15 is 0 Å². The third-order valence-corrected chi connectivity index (χ3v) is 2.85. The molecule has 0 radical (unpaired) electrons. The van der Waals surface area contributed by atoms with Gasteiger partial charge in [-0.05, 0) is 30.8 Å². The molecule has 2 aromatic rings.